The summed E-state index contributed by atoms with van der Waals surface area (Å²) in [5.41, 5.74) is 0.961. The van der Waals surface area contributed by atoms with Gasteiger partial charge >= 0.3 is 5.84 Å². The van der Waals surface area contributed by atoms with Gasteiger partial charge in [-0.15, -0.1) is 10.2 Å². The molecule has 0 spiro atoms. The number of ether oxygens (including phenoxy) is 1. The molecule has 29 heavy (non-hydrogen) atoms. The van der Waals surface area contributed by atoms with E-state index in [2.05, 4.69) is 10.3 Å². The minimum absolute atomic E-state index is 0.237. The second kappa shape index (κ2) is 6.73. The molecule has 2 heterocycles. The van der Waals surface area contributed by atoms with Crippen molar-refractivity contribution in [3.05, 3.63) is 59.3 Å². The van der Waals surface area contributed by atoms with Crippen molar-refractivity contribution in [3.63, 3.8) is 0 Å². The van der Waals surface area contributed by atoms with Gasteiger partial charge < -0.3 is 9.94 Å². The molecule has 3 aromatic rings. The molecule has 1 aliphatic rings. The van der Waals surface area contributed by atoms with Crippen LogP contribution in [0.15, 0.2) is 48.5 Å². The average molecular weight is 395 g/mol. The van der Waals surface area contributed by atoms with E-state index < -0.39 is 11.1 Å². The molecule has 0 bridgehead atoms. The lowest BCUT2D eigenvalue weighted by molar-refractivity contribution is -0.539. The van der Waals surface area contributed by atoms with Crippen molar-refractivity contribution in [2.75, 3.05) is 6.61 Å². The number of aromatic nitrogens is 3. The van der Waals surface area contributed by atoms with E-state index in [0.717, 1.165) is 20.8 Å². The molecule has 0 aliphatic carbocycles. The molecule has 0 saturated carbocycles. The predicted octanol–water partition coefficient (Wildman–Crippen LogP) is 3.03. The van der Waals surface area contributed by atoms with E-state index in [1.54, 1.807) is 28.9 Å². The summed E-state index contributed by atoms with van der Waals surface area (Å²) < 4.78 is 8.50. The van der Waals surface area contributed by atoms with Gasteiger partial charge in [0.2, 0.25) is 0 Å². The summed E-state index contributed by atoms with van der Waals surface area (Å²) in [6.45, 7) is 8.33. The van der Waals surface area contributed by atoms with Crippen molar-refractivity contribution in [1.29, 1.82) is 0 Å². The third-order valence-corrected chi connectivity index (χ3v) is 6.03. The van der Waals surface area contributed by atoms with Crippen LogP contribution in [0.5, 0.6) is 5.75 Å². The maximum atomic E-state index is 12.8. The summed E-state index contributed by atoms with van der Waals surface area (Å²) in [7, 11) is 0. The molecule has 0 saturated heterocycles. The summed E-state index contributed by atoms with van der Waals surface area (Å²) in [6.07, 6.45) is 0. The van der Waals surface area contributed by atoms with Gasteiger partial charge in [-0.05, 0) is 64.1 Å². The van der Waals surface area contributed by atoms with Crippen LogP contribution in [0.25, 0.3) is 11.0 Å². The van der Waals surface area contributed by atoms with E-state index in [1.807, 2.05) is 52.0 Å². The summed E-state index contributed by atoms with van der Waals surface area (Å²) >= 11 is 0. The van der Waals surface area contributed by atoms with Crippen molar-refractivity contribution in [3.8, 4) is 5.75 Å². The Morgan fingerprint density at radius 3 is 2.41 bits per heavy atom. The number of fused-ring (bicyclic) bond motifs is 1. The first-order valence-electron chi connectivity index (χ1n) is 9.58. The van der Waals surface area contributed by atoms with Gasteiger partial charge in [0.05, 0.1) is 17.6 Å². The number of nitrogens with zero attached hydrogens (tertiary/aromatic N) is 5. The highest BCUT2D eigenvalue weighted by Crippen LogP contribution is 2.37. The summed E-state index contributed by atoms with van der Waals surface area (Å²) in [6, 6.07) is 14.9. The molecule has 1 N–H and O–H groups in total. The largest absolute Gasteiger partial charge is 0.714 e. The van der Waals surface area contributed by atoms with Crippen LogP contribution in [-0.4, -0.2) is 53.5 Å². The molecule has 0 atom stereocenters. The van der Waals surface area contributed by atoms with Crippen molar-refractivity contribution >= 4 is 16.9 Å². The number of hydrogen-bond acceptors (Lipinski definition) is 6. The average Bonchev–Trinajstić information content (AvgIpc) is 3.16. The highest BCUT2D eigenvalue weighted by molar-refractivity contribution is 5.96. The third-order valence-electron chi connectivity index (χ3n) is 6.03. The Hall–Kier alpha value is -3.13. The lowest BCUT2D eigenvalue weighted by Crippen LogP contribution is -2.53. The quantitative estimate of drug-likeness (QED) is 0.528. The van der Waals surface area contributed by atoms with Crippen LogP contribution in [0, 0.1) is 5.21 Å². The highest BCUT2D eigenvalue weighted by atomic mass is 16.5. The highest BCUT2D eigenvalue weighted by Gasteiger charge is 2.58. The molecule has 0 amide bonds. The summed E-state index contributed by atoms with van der Waals surface area (Å²) in [4.78, 5) is 0. The first-order chi connectivity index (χ1) is 13.7. The van der Waals surface area contributed by atoms with Crippen molar-refractivity contribution < 1.29 is 14.7 Å². The Kier molecular flexibility index (Phi) is 4.46. The number of rotatable bonds is 5. The van der Waals surface area contributed by atoms with Gasteiger partial charge in [0.15, 0.2) is 5.54 Å². The van der Waals surface area contributed by atoms with Crippen molar-refractivity contribution in [2.24, 2.45) is 0 Å². The van der Waals surface area contributed by atoms with Crippen LogP contribution in [-0.2, 0) is 6.54 Å². The van der Waals surface area contributed by atoms with Gasteiger partial charge in [0.25, 0.3) is 0 Å². The van der Waals surface area contributed by atoms with Crippen molar-refractivity contribution in [1.82, 2.24) is 20.1 Å². The van der Waals surface area contributed by atoms with Crippen LogP contribution in [0.3, 0.4) is 0 Å². The second-order valence-electron chi connectivity index (χ2n) is 8.22. The third kappa shape index (κ3) is 3.00. The van der Waals surface area contributed by atoms with E-state index in [-0.39, 0.29) is 5.84 Å². The van der Waals surface area contributed by atoms with Gasteiger partial charge in [-0.25, -0.2) is 9.89 Å². The first-order valence-corrected chi connectivity index (χ1v) is 9.58. The van der Waals surface area contributed by atoms with E-state index in [9.17, 15) is 10.4 Å². The maximum absolute atomic E-state index is 12.8. The number of hydroxylamine groups is 3. The van der Waals surface area contributed by atoms with Gasteiger partial charge in [0.1, 0.15) is 23.4 Å². The van der Waals surface area contributed by atoms with E-state index in [4.69, 9.17) is 4.74 Å². The summed E-state index contributed by atoms with van der Waals surface area (Å²) in [5, 5.41) is 32.7. The smallest absolute Gasteiger partial charge is 0.313 e. The standard InChI is InChI=1S/C21H25N5O3/c1-20(2)21(3,4)26(28)19(25(20)27)15-9-11-16(12-10-15)29-14-13-24-18-8-6-5-7-17(18)22-23-24/h5-12,27H,13-14H2,1-4H3. The van der Waals surface area contributed by atoms with Crippen molar-refractivity contribution in [2.45, 2.75) is 45.3 Å². The number of para-hydroxylation sites is 1. The number of amidine groups is 1. The Bertz CT molecular complexity index is 1070. The van der Waals surface area contributed by atoms with Gasteiger partial charge in [0, 0.05) is 0 Å². The minimum atomic E-state index is -0.771. The molecule has 152 valence electrons. The second-order valence-corrected chi connectivity index (χ2v) is 8.22. The Morgan fingerprint density at radius 2 is 1.76 bits per heavy atom. The predicted molar refractivity (Wildman–Crippen MR) is 109 cm³/mol. The zero-order valence-corrected chi connectivity index (χ0v) is 17.0. The maximum Gasteiger partial charge on any atom is 0.313 e. The molecule has 0 radical (unpaired) electrons. The molecule has 8 heteroatoms. The van der Waals surface area contributed by atoms with Crippen LogP contribution >= 0.6 is 0 Å². The summed E-state index contributed by atoms with van der Waals surface area (Å²) in [5.74, 6) is 0.915. The molecular weight excluding hydrogens is 370 g/mol. The normalized spacial score (nSPS) is 17.9. The molecule has 0 fully saturated rings. The first kappa shape index (κ1) is 19.2. The van der Waals surface area contributed by atoms with Crippen LogP contribution in [0.1, 0.15) is 33.3 Å². The van der Waals surface area contributed by atoms with E-state index >= 15 is 0 Å². The minimum Gasteiger partial charge on any atom is -0.714 e. The van der Waals surface area contributed by atoms with Gasteiger partial charge in [-0.2, -0.15) is 0 Å². The fourth-order valence-electron chi connectivity index (χ4n) is 3.40. The van der Waals surface area contributed by atoms with Crippen LogP contribution in [0.4, 0.5) is 0 Å². The van der Waals surface area contributed by atoms with Crippen LogP contribution < -0.4 is 4.74 Å². The number of benzene rings is 2. The van der Waals surface area contributed by atoms with E-state index in [1.165, 1.54) is 0 Å². The molecule has 1 aliphatic heterocycles. The Labute approximate surface area is 169 Å². The molecule has 8 nitrogen and oxygen atoms in total. The Morgan fingerprint density at radius 1 is 1.07 bits per heavy atom. The molecule has 1 aromatic heterocycles. The molecule has 4 rings (SSSR count). The SMILES string of the molecule is CC1(C)N(O)C(c2ccc(OCCn3nnc4ccccc43)cc2)=[N+]([O-])C1(C)C. The zero-order chi connectivity index (χ0) is 20.8. The molecular formula is C21H25N5O3. The zero-order valence-electron chi connectivity index (χ0n) is 17.0. The van der Waals surface area contributed by atoms with E-state index in [0.29, 0.717) is 24.5 Å². The van der Waals surface area contributed by atoms with Gasteiger partial charge in [-0.3, -0.25) is 4.74 Å². The van der Waals surface area contributed by atoms with Crippen LogP contribution in [0.2, 0.25) is 0 Å². The lowest BCUT2D eigenvalue weighted by atomic mass is 9.84. The molecule has 2 aromatic carbocycles. The van der Waals surface area contributed by atoms with Gasteiger partial charge in [-0.1, -0.05) is 17.3 Å². The monoisotopic (exact) mass is 395 g/mol. The fraction of sp³-hybridized carbons (Fsp3) is 0.381. The molecule has 0 unspecified atom stereocenters. The fourth-order valence-corrected chi connectivity index (χ4v) is 3.40. The number of hydrogen-bond donors (Lipinski definition) is 1. The Balaban J connectivity index is 1.45. The lowest BCUT2D eigenvalue weighted by Gasteiger charge is -2.33. The topological polar surface area (TPSA) is 89.5 Å².